The summed E-state index contributed by atoms with van der Waals surface area (Å²) in [6.07, 6.45) is 1.18. The summed E-state index contributed by atoms with van der Waals surface area (Å²) in [7, 11) is 0. The number of carbonyl (C=O) groups is 1. The molecule has 0 aromatic carbocycles. The predicted molar refractivity (Wildman–Crippen MR) is 63.0 cm³/mol. The SMILES string of the molecule is CC(C)(C)OC(=O)[C@H](N)CCCNC(=N)N. The van der Waals surface area contributed by atoms with Gasteiger partial charge in [0.05, 0.1) is 0 Å². The summed E-state index contributed by atoms with van der Waals surface area (Å²) in [5, 5.41) is 9.57. The highest BCUT2D eigenvalue weighted by atomic mass is 16.6. The van der Waals surface area contributed by atoms with Crippen molar-refractivity contribution in [2.24, 2.45) is 11.5 Å². The Bertz CT molecular complexity index is 248. The van der Waals surface area contributed by atoms with Crippen LogP contribution in [-0.4, -0.2) is 30.1 Å². The van der Waals surface area contributed by atoms with Crippen LogP contribution in [0.15, 0.2) is 0 Å². The zero-order valence-electron chi connectivity index (χ0n) is 10.2. The molecule has 6 nitrogen and oxygen atoms in total. The Morgan fingerprint density at radius 2 is 2.06 bits per heavy atom. The van der Waals surface area contributed by atoms with Crippen LogP contribution in [0.2, 0.25) is 0 Å². The number of nitrogens with one attached hydrogen (secondary N) is 2. The summed E-state index contributed by atoms with van der Waals surface area (Å²) in [4.78, 5) is 11.5. The van der Waals surface area contributed by atoms with Gasteiger partial charge in [0.15, 0.2) is 5.96 Å². The number of nitrogens with two attached hydrogens (primary N) is 2. The molecule has 0 rings (SSSR count). The van der Waals surface area contributed by atoms with E-state index in [1.165, 1.54) is 0 Å². The third-order valence-electron chi connectivity index (χ3n) is 1.72. The maximum Gasteiger partial charge on any atom is 0.323 e. The Balaban J connectivity index is 3.76. The lowest BCUT2D eigenvalue weighted by molar-refractivity contribution is -0.156. The fourth-order valence-electron chi connectivity index (χ4n) is 1.04. The highest BCUT2D eigenvalue weighted by molar-refractivity contribution is 5.76. The third-order valence-corrected chi connectivity index (χ3v) is 1.72. The fourth-order valence-corrected chi connectivity index (χ4v) is 1.04. The van der Waals surface area contributed by atoms with Crippen LogP contribution in [-0.2, 0) is 9.53 Å². The van der Waals surface area contributed by atoms with Crippen LogP contribution < -0.4 is 16.8 Å². The molecule has 0 aromatic rings. The van der Waals surface area contributed by atoms with Gasteiger partial charge in [-0.15, -0.1) is 0 Å². The van der Waals surface area contributed by atoms with Gasteiger partial charge in [-0.25, -0.2) is 0 Å². The molecular formula is C10H22N4O2. The van der Waals surface area contributed by atoms with E-state index in [1.807, 2.05) is 0 Å². The first-order chi connectivity index (χ1) is 7.22. The summed E-state index contributed by atoms with van der Waals surface area (Å²) < 4.78 is 5.13. The Hall–Kier alpha value is -1.30. The van der Waals surface area contributed by atoms with Crippen molar-refractivity contribution in [1.82, 2.24) is 5.32 Å². The molecule has 0 amide bonds. The number of hydrogen-bond donors (Lipinski definition) is 4. The van der Waals surface area contributed by atoms with Crippen molar-refractivity contribution in [1.29, 1.82) is 5.41 Å². The molecule has 0 saturated heterocycles. The lowest BCUT2D eigenvalue weighted by Gasteiger charge is -2.22. The summed E-state index contributed by atoms with van der Waals surface area (Å²) in [5.41, 5.74) is 10.2. The second kappa shape index (κ2) is 6.32. The first kappa shape index (κ1) is 14.7. The Morgan fingerprint density at radius 1 is 1.50 bits per heavy atom. The molecule has 6 heteroatoms. The number of carbonyl (C=O) groups excluding carboxylic acids is 1. The highest BCUT2D eigenvalue weighted by Crippen LogP contribution is 2.09. The zero-order chi connectivity index (χ0) is 12.8. The maximum absolute atomic E-state index is 11.5. The van der Waals surface area contributed by atoms with E-state index in [1.54, 1.807) is 20.8 Å². The molecule has 6 N–H and O–H groups in total. The van der Waals surface area contributed by atoms with E-state index in [4.69, 9.17) is 21.6 Å². The molecule has 0 saturated carbocycles. The average Bonchev–Trinajstić information content (AvgIpc) is 2.08. The second-order valence-corrected chi connectivity index (χ2v) is 4.62. The summed E-state index contributed by atoms with van der Waals surface area (Å²) in [6, 6.07) is -0.618. The number of ether oxygens (including phenoxy) is 1. The van der Waals surface area contributed by atoms with Crippen molar-refractivity contribution in [2.45, 2.75) is 45.3 Å². The van der Waals surface area contributed by atoms with E-state index < -0.39 is 17.6 Å². The van der Waals surface area contributed by atoms with Crippen molar-refractivity contribution >= 4 is 11.9 Å². The van der Waals surface area contributed by atoms with E-state index in [2.05, 4.69) is 5.32 Å². The van der Waals surface area contributed by atoms with Crippen molar-refractivity contribution in [2.75, 3.05) is 6.54 Å². The quantitative estimate of drug-likeness (QED) is 0.228. The molecule has 0 bridgehead atoms. The molecule has 0 unspecified atom stereocenters. The topological polar surface area (TPSA) is 114 Å². The standard InChI is InChI=1S/C10H22N4O2/c1-10(2,3)16-8(15)7(11)5-4-6-14-9(12)13/h7H,4-6,11H2,1-3H3,(H4,12,13,14)/t7-/m1/s1. The second-order valence-electron chi connectivity index (χ2n) is 4.62. The normalized spacial score (nSPS) is 13.0. The van der Waals surface area contributed by atoms with E-state index in [-0.39, 0.29) is 5.96 Å². The Labute approximate surface area is 96.2 Å². The van der Waals surface area contributed by atoms with Crippen molar-refractivity contribution in [3.8, 4) is 0 Å². The monoisotopic (exact) mass is 230 g/mol. The summed E-state index contributed by atoms with van der Waals surface area (Å²) >= 11 is 0. The molecule has 0 aliphatic rings. The lowest BCUT2D eigenvalue weighted by atomic mass is 10.1. The summed E-state index contributed by atoms with van der Waals surface area (Å²) in [6.45, 7) is 5.94. The van der Waals surface area contributed by atoms with Crippen LogP contribution in [0, 0.1) is 5.41 Å². The first-order valence-electron chi connectivity index (χ1n) is 5.28. The molecule has 0 radical (unpaired) electrons. The van der Waals surface area contributed by atoms with Gasteiger partial charge >= 0.3 is 5.97 Å². The van der Waals surface area contributed by atoms with E-state index >= 15 is 0 Å². The number of esters is 1. The Morgan fingerprint density at radius 3 is 2.50 bits per heavy atom. The van der Waals surface area contributed by atoms with Gasteiger partial charge in [0, 0.05) is 6.54 Å². The smallest absolute Gasteiger partial charge is 0.323 e. The average molecular weight is 230 g/mol. The molecule has 0 aliphatic heterocycles. The van der Waals surface area contributed by atoms with Crippen LogP contribution >= 0.6 is 0 Å². The molecule has 0 fully saturated rings. The zero-order valence-corrected chi connectivity index (χ0v) is 10.2. The van der Waals surface area contributed by atoms with E-state index in [0.717, 1.165) is 0 Å². The molecule has 0 aromatic heterocycles. The van der Waals surface area contributed by atoms with Crippen LogP contribution in [0.25, 0.3) is 0 Å². The minimum atomic E-state index is -0.618. The Kier molecular flexibility index (Phi) is 5.81. The molecule has 94 valence electrons. The van der Waals surface area contributed by atoms with Gasteiger partial charge < -0.3 is 21.5 Å². The largest absolute Gasteiger partial charge is 0.459 e. The van der Waals surface area contributed by atoms with Gasteiger partial charge in [-0.05, 0) is 33.6 Å². The van der Waals surface area contributed by atoms with Crippen molar-refractivity contribution < 1.29 is 9.53 Å². The number of guanidine groups is 1. The number of hydrogen-bond acceptors (Lipinski definition) is 4. The van der Waals surface area contributed by atoms with Gasteiger partial charge in [0.1, 0.15) is 11.6 Å². The fraction of sp³-hybridized carbons (Fsp3) is 0.800. The van der Waals surface area contributed by atoms with Gasteiger partial charge in [-0.2, -0.15) is 0 Å². The van der Waals surface area contributed by atoms with Crippen LogP contribution in [0.5, 0.6) is 0 Å². The molecule has 16 heavy (non-hydrogen) atoms. The van der Waals surface area contributed by atoms with Crippen LogP contribution in [0.1, 0.15) is 33.6 Å². The molecule has 1 atom stereocenters. The first-order valence-corrected chi connectivity index (χ1v) is 5.28. The van der Waals surface area contributed by atoms with Gasteiger partial charge in [-0.3, -0.25) is 10.2 Å². The van der Waals surface area contributed by atoms with Crippen LogP contribution in [0.4, 0.5) is 0 Å². The minimum absolute atomic E-state index is 0.0779. The minimum Gasteiger partial charge on any atom is -0.459 e. The number of rotatable bonds is 5. The highest BCUT2D eigenvalue weighted by Gasteiger charge is 2.21. The predicted octanol–water partition coefficient (Wildman–Crippen LogP) is -0.0813. The van der Waals surface area contributed by atoms with Gasteiger partial charge in [0.2, 0.25) is 0 Å². The molecule has 0 aliphatic carbocycles. The summed E-state index contributed by atoms with van der Waals surface area (Å²) in [5.74, 6) is -0.471. The maximum atomic E-state index is 11.5. The van der Waals surface area contributed by atoms with Crippen molar-refractivity contribution in [3.05, 3.63) is 0 Å². The third kappa shape index (κ3) is 8.05. The van der Waals surface area contributed by atoms with Crippen molar-refractivity contribution in [3.63, 3.8) is 0 Å². The van der Waals surface area contributed by atoms with E-state index in [9.17, 15) is 4.79 Å². The van der Waals surface area contributed by atoms with Crippen LogP contribution in [0.3, 0.4) is 0 Å². The molecular weight excluding hydrogens is 208 g/mol. The van der Waals surface area contributed by atoms with Gasteiger partial charge in [-0.1, -0.05) is 0 Å². The lowest BCUT2D eigenvalue weighted by Crippen LogP contribution is -2.38. The molecule has 0 spiro atoms. The van der Waals surface area contributed by atoms with E-state index in [0.29, 0.717) is 19.4 Å². The van der Waals surface area contributed by atoms with Gasteiger partial charge in [0.25, 0.3) is 0 Å². The molecule has 0 heterocycles.